The van der Waals surface area contributed by atoms with Gasteiger partial charge >= 0.3 is 6.09 Å². The zero-order valence-electron chi connectivity index (χ0n) is 14.9. The Balaban J connectivity index is 2.86. The van der Waals surface area contributed by atoms with Crippen molar-refractivity contribution in [3.05, 3.63) is 11.1 Å². The molecule has 1 rings (SSSR count). The molecule has 0 aromatic carbocycles. The van der Waals surface area contributed by atoms with Crippen molar-refractivity contribution >= 4 is 14.4 Å². The van der Waals surface area contributed by atoms with Crippen LogP contribution in [0.5, 0.6) is 0 Å². The highest BCUT2D eigenvalue weighted by atomic mass is 28.4. The van der Waals surface area contributed by atoms with E-state index in [1.165, 1.54) is 4.90 Å². The normalized spacial score (nSPS) is 23.9. The van der Waals surface area contributed by atoms with Crippen LogP contribution in [0.1, 0.15) is 34.6 Å². The number of carbonyl (C=O) groups is 1. The Morgan fingerprint density at radius 2 is 1.86 bits per heavy atom. The van der Waals surface area contributed by atoms with Crippen molar-refractivity contribution in [2.75, 3.05) is 13.2 Å². The zero-order valence-corrected chi connectivity index (χ0v) is 15.9. The van der Waals surface area contributed by atoms with Gasteiger partial charge in [-0.15, -0.1) is 0 Å². The fraction of sp³-hybridized carbons (Fsp3) is 0.812. The third-order valence-electron chi connectivity index (χ3n) is 4.20. The molecule has 0 aromatic heterocycles. The standard InChI is InChI=1S/C16H31NO4Si/c1-11-12(2)14(18)8-17(15(19)20)13(11)9-21-22(6,7)10-16(3,4)5/h13-14,18H,8-10H2,1-7H3,(H,19,20). The summed E-state index contributed by atoms with van der Waals surface area (Å²) >= 11 is 0. The van der Waals surface area contributed by atoms with E-state index in [1.54, 1.807) is 0 Å². The number of aliphatic hydroxyl groups is 1. The van der Waals surface area contributed by atoms with Gasteiger partial charge in [-0.05, 0) is 49.5 Å². The maximum absolute atomic E-state index is 11.5. The third-order valence-corrected chi connectivity index (χ3v) is 7.06. The number of carboxylic acid groups (broad SMARTS) is 1. The Morgan fingerprint density at radius 3 is 2.32 bits per heavy atom. The van der Waals surface area contributed by atoms with E-state index in [9.17, 15) is 15.0 Å². The molecule has 0 saturated heterocycles. The van der Waals surface area contributed by atoms with E-state index in [0.717, 1.165) is 17.2 Å². The number of amides is 1. The molecule has 0 aliphatic carbocycles. The van der Waals surface area contributed by atoms with Crippen LogP contribution in [0.2, 0.25) is 19.1 Å². The van der Waals surface area contributed by atoms with E-state index >= 15 is 0 Å². The second-order valence-electron chi connectivity index (χ2n) is 8.14. The molecule has 0 fully saturated rings. The van der Waals surface area contributed by atoms with E-state index in [2.05, 4.69) is 33.9 Å². The lowest BCUT2D eigenvalue weighted by Gasteiger charge is -2.40. The molecule has 1 amide bonds. The van der Waals surface area contributed by atoms with Crippen LogP contribution in [0.4, 0.5) is 4.79 Å². The zero-order chi connectivity index (χ0) is 17.3. The summed E-state index contributed by atoms with van der Waals surface area (Å²) in [7, 11) is -1.86. The minimum Gasteiger partial charge on any atom is -0.465 e. The Hall–Kier alpha value is -0.853. The van der Waals surface area contributed by atoms with Crippen LogP contribution in [0.3, 0.4) is 0 Å². The largest absolute Gasteiger partial charge is 0.465 e. The van der Waals surface area contributed by atoms with Gasteiger partial charge in [-0.3, -0.25) is 4.90 Å². The van der Waals surface area contributed by atoms with E-state index < -0.39 is 20.5 Å². The Bertz CT molecular complexity index is 454. The highest BCUT2D eigenvalue weighted by Gasteiger charge is 2.36. The summed E-state index contributed by atoms with van der Waals surface area (Å²) < 4.78 is 6.20. The Kier molecular flexibility index (Phi) is 5.86. The van der Waals surface area contributed by atoms with Gasteiger partial charge < -0.3 is 14.6 Å². The fourth-order valence-electron chi connectivity index (χ4n) is 3.27. The van der Waals surface area contributed by atoms with E-state index in [4.69, 9.17) is 4.43 Å². The molecule has 2 N–H and O–H groups in total. The van der Waals surface area contributed by atoms with Crippen molar-refractivity contribution in [1.29, 1.82) is 0 Å². The van der Waals surface area contributed by atoms with Crippen LogP contribution >= 0.6 is 0 Å². The topological polar surface area (TPSA) is 70.0 Å². The van der Waals surface area contributed by atoms with Crippen molar-refractivity contribution in [2.45, 2.75) is 65.9 Å². The van der Waals surface area contributed by atoms with Crippen LogP contribution in [0, 0.1) is 5.41 Å². The predicted molar refractivity (Wildman–Crippen MR) is 90.6 cm³/mol. The van der Waals surface area contributed by atoms with Gasteiger partial charge in [0.05, 0.1) is 25.3 Å². The molecule has 5 nitrogen and oxygen atoms in total. The summed E-state index contributed by atoms with van der Waals surface area (Å²) in [6.07, 6.45) is -1.72. The van der Waals surface area contributed by atoms with Crippen molar-refractivity contribution in [2.24, 2.45) is 5.41 Å². The van der Waals surface area contributed by atoms with Gasteiger partial charge in [0, 0.05) is 0 Å². The first-order valence-corrected chi connectivity index (χ1v) is 10.9. The Morgan fingerprint density at radius 1 is 1.32 bits per heavy atom. The molecule has 22 heavy (non-hydrogen) atoms. The molecule has 2 atom stereocenters. The molecule has 1 aliphatic rings. The van der Waals surface area contributed by atoms with Gasteiger partial charge in [-0.25, -0.2) is 4.79 Å². The molecule has 0 spiro atoms. The summed E-state index contributed by atoms with van der Waals surface area (Å²) in [6.45, 7) is 15.2. The SMILES string of the molecule is CC1=C(C)C(CO[Si](C)(C)CC(C)(C)C)N(C(=O)O)CC1O. The number of rotatable bonds is 4. The van der Waals surface area contributed by atoms with Crippen LogP contribution in [-0.4, -0.2) is 54.8 Å². The summed E-state index contributed by atoms with van der Waals surface area (Å²) in [5.74, 6) is 0. The number of nitrogens with zero attached hydrogens (tertiary/aromatic N) is 1. The van der Waals surface area contributed by atoms with E-state index in [1.807, 2.05) is 13.8 Å². The molecule has 0 saturated carbocycles. The van der Waals surface area contributed by atoms with Gasteiger partial charge in [0.2, 0.25) is 0 Å². The summed E-state index contributed by atoms with van der Waals surface area (Å²) in [5.41, 5.74) is 1.97. The minimum atomic E-state index is -1.86. The van der Waals surface area contributed by atoms with E-state index in [-0.39, 0.29) is 18.0 Å². The molecule has 2 unspecified atom stereocenters. The van der Waals surface area contributed by atoms with Gasteiger partial charge in [0.15, 0.2) is 8.32 Å². The van der Waals surface area contributed by atoms with Gasteiger partial charge in [0.25, 0.3) is 0 Å². The molecule has 128 valence electrons. The quantitative estimate of drug-likeness (QED) is 0.613. The van der Waals surface area contributed by atoms with Crippen molar-refractivity contribution < 1.29 is 19.4 Å². The van der Waals surface area contributed by atoms with Gasteiger partial charge in [-0.2, -0.15) is 0 Å². The van der Waals surface area contributed by atoms with Crippen molar-refractivity contribution in [3.8, 4) is 0 Å². The maximum Gasteiger partial charge on any atom is 0.407 e. The smallest absolute Gasteiger partial charge is 0.407 e. The van der Waals surface area contributed by atoms with Gasteiger partial charge in [-0.1, -0.05) is 20.8 Å². The average molecular weight is 330 g/mol. The summed E-state index contributed by atoms with van der Waals surface area (Å²) in [5, 5.41) is 19.4. The first-order chi connectivity index (χ1) is 9.84. The van der Waals surface area contributed by atoms with Gasteiger partial charge in [0.1, 0.15) is 0 Å². The number of β-amino-alcohol motifs (C(OH)–C–C–N with tert-alkyl or cyclic N) is 1. The molecular formula is C16H31NO4Si. The van der Waals surface area contributed by atoms with Crippen LogP contribution in [0.25, 0.3) is 0 Å². The second kappa shape index (κ2) is 6.72. The lowest BCUT2D eigenvalue weighted by Crippen LogP contribution is -2.52. The minimum absolute atomic E-state index is 0.119. The molecule has 0 aromatic rings. The van der Waals surface area contributed by atoms with Crippen LogP contribution < -0.4 is 0 Å². The van der Waals surface area contributed by atoms with Crippen molar-refractivity contribution in [1.82, 2.24) is 4.90 Å². The highest BCUT2D eigenvalue weighted by Crippen LogP contribution is 2.30. The molecule has 1 aliphatic heterocycles. The number of hydrogen-bond donors (Lipinski definition) is 2. The Labute approximate surface area is 135 Å². The van der Waals surface area contributed by atoms with Crippen LogP contribution in [0.15, 0.2) is 11.1 Å². The molecule has 1 heterocycles. The molecular weight excluding hydrogens is 298 g/mol. The number of hydrogen-bond acceptors (Lipinski definition) is 3. The molecule has 0 bridgehead atoms. The molecule has 0 radical (unpaired) electrons. The average Bonchev–Trinajstić information content (AvgIpc) is 2.31. The third kappa shape index (κ3) is 5.10. The van der Waals surface area contributed by atoms with E-state index in [0.29, 0.717) is 6.61 Å². The second-order valence-corrected chi connectivity index (χ2v) is 12.3. The van der Waals surface area contributed by atoms with Crippen molar-refractivity contribution in [3.63, 3.8) is 0 Å². The lowest BCUT2D eigenvalue weighted by atomic mass is 9.94. The lowest BCUT2D eigenvalue weighted by molar-refractivity contribution is 0.0687. The van der Waals surface area contributed by atoms with Crippen LogP contribution in [-0.2, 0) is 4.43 Å². The first kappa shape index (κ1) is 19.2. The summed E-state index contributed by atoms with van der Waals surface area (Å²) in [6, 6.07) is 0.720. The summed E-state index contributed by atoms with van der Waals surface area (Å²) in [4.78, 5) is 12.8. The predicted octanol–water partition coefficient (Wildman–Crippen LogP) is 3.31. The monoisotopic (exact) mass is 329 g/mol. The maximum atomic E-state index is 11.5. The highest BCUT2D eigenvalue weighted by molar-refractivity contribution is 6.71. The fourth-order valence-corrected chi connectivity index (χ4v) is 6.53. The molecule has 6 heteroatoms. The first-order valence-electron chi connectivity index (χ1n) is 7.83. The number of aliphatic hydroxyl groups excluding tert-OH is 1.